The Hall–Kier alpha value is -2.20. The van der Waals surface area contributed by atoms with Gasteiger partial charge in [-0.2, -0.15) is 0 Å². The van der Waals surface area contributed by atoms with Gasteiger partial charge in [-0.05, 0) is 6.92 Å². The number of hydrogen-bond acceptors (Lipinski definition) is 8. The molecule has 0 unspecified atom stereocenters. The van der Waals surface area contributed by atoms with Crippen LogP contribution < -0.4 is 10.6 Å². The predicted molar refractivity (Wildman–Crippen MR) is 86.4 cm³/mol. The molecule has 4 heterocycles. The zero-order valence-corrected chi connectivity index (χ0v) is 13.1. The summed E-state index contributed by atoms with van der Waals surface area (Å²) in [6.07, 6.45) is 0.189. The number of hydrogen-bond donors (Lipinski definition) is 5. The Bertz CT molecular complexity index is 818. The van der Waals surface area contributed by atoms with E-state index >= 15 is 0 Å². The molecule has 2 aliphatic heterocycles. The molecule has 1 fully saturated rings. The minimum absolute atomic E-state index is 0.389. The van der Waals surface area contributed by atoms with Crippen LogP contribution >= 0.6 is 0 Å². The van der Waals surface area contributed by atoms with Gasteiger partial charge in [-0.3, -0.25) is 0 Å². The number of aliphatic hydroxyl groups is 3. The van der Waals surface area contributed by atoms with E-state index in [-0.39, 0.29) is 6.61 Å². The summed E-state index contributed by atoms with van der Waals surface area (Å²) in [6.45, 7) is 5.51. The Labute approximate surface area is 137 Å². The summed E-state index contributed by atoms with van der Waals surface area (Å²) >= 11 is 0. The monoisotopic (exact) mass is 333 g/mol. The van der Waals surface area contributed by atoms with Crippen LogP contribution in [0, 0.1) is 0 Å². The number of nitrogens with zero attached hydrogens (tertiary/aromatic N) is 3. The van der Waals surface area contributed by atoms with Crippen LogP contribution in [0.1, 0.15) is 13.2 Å². The normalized spacial score (nSPS) is 32.5. The first-order valence-corrected chi connectivity index (χ1v) is 7.64. The van der Waals surface area contributed by atoms with E-state index in [0.717, 1.165) is 16.8 Å². The highest BCUT2D eigenvalue weighted by Gasteiger charge is 2.53. The topological polar surface area (TPSA) is 125 Å². The van der Waals surface area contributed by atoms with Gasteiger partial charge in [-0.15, -0.1) is 0 Å². The van der Waals surface area contributed by atoms with E-state index in [4.69, 9.17) is 4.74 Å². The van der Waals surface area contributed by atoms with Crippen molar-refractivity contribution < 1.29 is 20.1 Å². The van der Waals surface area contributed by atoms with Crippen LogP contribution in [0.3, 0.4) is 0 Å². The molecule has 0 radical (unpaired) electrons. The maximum absolute atomic E-state index is 10.7. The second-order valence-electron chi connectivity index (χ2n) is 6.33. The molecule has 128 valence electrons. The Morgan fingerprint density at radius 3 is 3.00 bits per heavy atom. The summed E-state index contributed by atoms with van der Waals surface area (Å²) in [6, 6.07) is 0. The van der Waals surface area contributed by atoms with Crippen molar-refractivity contribution in [3.8, 4) is 0 Å². The lowest BCUT2D eigenvalue weighted by Crippen LogP contribution is -2.44. The van der Waals surface area contributed by atoms with Crippen molar-refractivity contribution in [3.63, 3.8) is 0 Å². The van der Waals surface area contributed by atoms with Crippen molar-refractivity contribution >= 4 is 22.5 Å². The predicted octanol–water partition coefficient (Wildman–Crippen LogP) is -0.216. The van der Waals surface area contributed by atoms with E-state index < -0.39 is 24.0 Å². The first-order chi connectivity index (χ1) is 11.4. The number of ether oxygens (including phenoxy) is 1. The van der Waals surface area contributed by atoms with Gasteiger partial charge in [0.05, 0.1) is 24.2 Å². The van der Waals surface area contributed by atoms with E-state index in [2.05, 4.69) is 27.2 Å². The fourth-order valence-corrected chi connectivity index (χ4v) is 3.30. The molecule has 0 aromatic carbocycles. The van der Waals surface area contributed by atoms with Crippen molar-refractivity contribution in [1.82, 2.24) is 14.5 Å². The zero-order chi connectivity index (χ0) is 17.1. The van der Waals surface area contributed by atoms with Gasteiger partial charge in [0.1, 0.15) is 35.6 Å². The zero-order valence-electron chi connectivity index (χ0n) is 13.1. The van der Waals surface area contributed by atoms with E-state index in [9.17, 15) is 15.3 Å². The molecule has 0 spiro atoms. The fraction of sp³-hybridized carbons (Fsp3) is 0.467. The third-order valence-electron chi connectivity index (χ3n) is 4.58. The number of anilines is 2. The molecule has 2 aromatic rings. The maximum Gasteiger partial charge on any atom is 0.167 e. The van der Waals surface area contributed by atoms with Crippen molar-refractivity contribution in [2.24, 2.45) is 0 Å². The van der Waals surface area contributed by atoms with Crippen LogP contribution in [0.2, 0.25) is 0 Å². The largest absolute Gasteiger partial charge is 0.394 e. The van der Waals surface area contributed by atoms with Crippen LogP contribution in [0.25, 0.3) is 11.0 Å². The molecule has 0 amide bonds. The molecule has 2 aliphatic rings. The standard InChI is InChI=1S/C15H19N5O4/c1-7-3-16-8-4-20(13-10(8)12(19-7)17-6-18-13)14-15(2,23)11(22)9(5-21)24-14/h4,6,9,11,14,16,21-23H,1,3,5H2,2H3,(H,17,18,19)/t9-,11-,14-,15+/m1/s1. The number of nitrogens with one attached hydrogen (secondary N) is 2. The molecule has 1 saturated heterocycles. The number of rotatable bonds is 2. The van der Waals surface area contributed by atoms with E-state index in [1.807, 2.05) is 0 Å². The average molecular weight is 333 g/mol. The molecule has 2 aromatic heterocycles. The number of aromatic nitrogens is 3. The highest BCUT2D eigenvalue weighted by atomic mass is 16.6. The van der Waals surface area contributed by atoms with Crippen LogP contribution in [0.5, 0.6) is 0 Å². The number of aliphatic hydroxyl groups excluding tert-OH is 2. The van der Waals surface area contributed by atoms with Crippen molar-refractivity contribution in [3.05, 3.63) is 24.8 Å². The molecule has 9 heteroatoms. The van der Waals surface area contributed by atoms with E-state index in [1.165, 1.54) is 13.3 Å². The molecule has 0 aliphatic carbocycles. The molecule has 24 heavy (non-hydrogen) atoms. The molecule has 0 saturated carbocycles. The summed E-state index contributed by atoms with van der Waals surface area (Å²) in [5, 5.41) is 37.4. The summed E-state index contributed by atoms with van der Waals surface area (Å²) in [4.78, 5) is 8.55. The van der Waals surface area contributed by atoms with Gasteiger partial charge >= 0.3 is 0 Å². The third-order valence-corrected chi connectivity index (χ3v) is 4.58. The lowest BCUT2D eigenvalue weighted by molar-refractivity contribution is -0.0947. The molecule has 5 N–H and O–H groups in total. The van der Waals surface area contributed by atoms with Crippen LogP contribution in [-0.2, 0) is 4.74 Å². The lowest BCUT2D eigenvalue weighted by Gasteiger charge is -2.27. The van der Waals surface area contributed by atoms with Crippen LogP contribution in [-0.4, -0.2) is 60.8 Å². The minimum Gasteiger partial charge on any atom is -0.394 e. The molecular weight excluding hydrogens is 314 g/mol. The van der Waals surface area contributed by atoms with Crippen LogP contribution in [0.4, 0.5) is 11.5 Å². The maximum atomic E-state index is 10.7. The van der Waals surface area contributed by atoms with Gasteiger partial charge in [0.15, 0.2) is 6.23 Å². The molecule has 4 rings (SSSR count). The first kappa shape index (κ1) is 15.3. The van der Waals surface area contributed by atoms with Gasteiger partial charge in [-0.25, -0.2) is 9.97 Å². The molecular formula is C15H19N5O4. The lowest BCUT2D eigenvalue weighted by atomic mass is 9.96. The van der Waals surface area contributed by atoms with Gasteiger partial charge in [-0.1, -0.05) is 6.58 Å². The Morgan fingerprint density at radius 2 is 2.29 bits per heavy atom. The van der Waals surface area contributed by atoms with Gasteiger partial charge < -0.3 is 35.3 Å². The summed E-state index contributed by atoms with van der Waals surface area (Å²) in [7, 11) is 0. The highest BCUT2D eigenvalue weighted by molar-refractivity contribution is 6.00. The summed E-state index contributed by atoms with van der Waals surface area (Å²) in [5.41, 5.74) is 0.509. The van der Waals surface area contributed by atoms with Crippen molar-refractivity contribution in [1.29, 1.82) is 0 Å². The van der Waals surface area contributed by atoms with Gasteiger partial charge in [0.25, 0.3) is 0 Å². The Morgan fingerprint density at radius 1 is 1.50 bits per heavy atom. The van der Waals surface area contributed by atoms with Crippen LogP contribution in [0.15, 0.2) is 24.8 Å². The van der Waals surface area contributed by atoms with Gasteiger partial charge in [0.2, 0.25) is 0 Å². The highest BCUT2D eigenvalue weighted by Crippen LogP contribution is 2.42. The second-order valence-corrected chi connectivity index (χ2v) is 6.33. The van der Waals surface area contributed by atoms with Crippen molar-refractivity contribution in [2.75, 3.05) is 23.8 Å². The Balaban J connectivity index is 1.87. The molecule has 9 nitrogen and oxygen atoms in total. The second kappa shape index (κ2) is 5.15. The quantitative estimate of drug-likeness (QED) is 0.511. The Kier molecular flexibility index (Phi) is 3.29. The average Bonchev–Trinajstić information content (AvgIpc) is 2.95. The fourth-order valence-electron chi connectivity index (χ4n) is 3.30. The molecule has 0 bridgehead atoms. The summed E-state index contributed by atoms with van der Waals surface area (Å²) in [5.74, 6) is 0.612. The van der Waals surface area contributed by atoms with E-state index in [0.29, 0.717) is 18.0 Å². The first-order valence-electron chi connectivity index (χ1n) is 7.64. The smallest absolute Gasteiger partial charge is 0.167 e. The third kappa shape index (κ3) is 2.02. The SMILES string of the molecule is C=C1CNc2cn([C@@H]3O[C@H](CO)[C@@H](O)[C@]3(C)O)c3ncnc(c23)N1. The molecule has 4 atom stereocenters. The van der Waals surface area contributed by atoms with Gasteiger partial charge in [0, 0.05) is 11.9 Å². The minimum atomic E-state index is -1.58. The van der Waals surface area contributed by atoms with Crippen molar-refractivity contribution in [2.45, 2.75) is 31.0 Å². The van der Waals surface area contributed by atoms with E-state index in [1.54, 1.807) is 10.8 Å². The summed E-state index contributed by atoms with van der Waals surface area (Å²) < 4.78 is 7.34.